The van der Waals surface area contributed by atoms with Crippen molar-refractivity contribution in [1.29, 1.82) is 0 Å². The zero-order valence-corrected chi connectivity index (χ0v) is 8.20. The summed E-state index contributed by atoms with van der Waals surface area (Å²) in [6.45, 7) is 0. The van der Waals surface area contributed by atoms with E-state index in [2.05, 4.69) is 4.31 Å². The van der Waals surface area contributed by atoms with Gasteiger partial charge in [-0.3, -0.25) is 0 Å². The molecule has 0 rings (SSSR count). The first-order chi connectivity index (χ1) is 3.71. The van der Waals surface area contributed by atoms with E-state index in [0.717, 1.165) is 0 Å². The van der Waals surface area contributed by atoms with Gasteiger partial charge in [0.05, 0.1) is 0 Å². The summed E-state index contributed by atoms with van der Waals surface area (Å²) in [5.41, 5.74) is 0. The van der Waals surface area contributed by atoms with Gasteiger partial charge in [-0.15, -0.1) is 0 Å². The maximum atomic E-state index is 9.63. The second kappa shape index (κ2) is 11.1. The van der Waals surface area contributed by atoms with Gasteiger partial charge in [0, 0.05) is 0 Å². The summed E-state index contributed by atoms with van der Waals surface area (Å²) in [6.07, 6.45) is 0. The predicted octanol–water partition coefficient (Wildman–Crippen LogP) is -4.94. The van der Waals surface area contributed by atoms with Crippen LogP contribution < -0.4 is 0 Å². The summed E-state index contributed by atoms with van der Waals surface area (Å²) in [4.78, 5) is 31.0. The van der Waals surface area contributed by atoms with Gasteiger partial charge in [-0.2, -0.15) is 4.31 Å². The molecule has 0 fully saturated rings. The molecule has 0 saturated carbocycles. The van der Waals surface area contributed by atoms with Gasteiger partial charge in [-0.05, 0) is 0 Å². The fourth-order valence-electron chi connectivity index (χ4n) is 0.139. The third-order valence-electron chi connectivity index (χ3n) is 0.213. The van der Waals surface area contributed by atoms with E-state index in [4.69, 9.17) is 19.6 Å². The minimum atomic E-state index is -5.05. The molecule has 0 spiro atoms. The summed E-state index contributed by atoms with van der Waals surface area (Å²) >= 11 is 0. The predicted molar refractivity (Wildman–Crippen MR) is 43.2 cm³/mol. The van der Waals surface area contributed by atoms with Crippen LogP contribution in [-0.4, -0.2) is 47.0 Å². The maximum absolute atomic E-state index is 9.63. The van der Waals surface area contributed by atoms with E-state index in [1.807, 2.05) is 0 Å². The van der Waals surface area contributed by atoms with Crippen molar-refractivity contribution in [2.45, 2.75) is 0 Å². The van der Waals surface area contributed by atoms with Gasteiger partial charge in [-0.1, -0.05) is 0 Å². The average molecular weight is 268 g/mol. The van der Waals surface area contributed by atoms with Crippen LogP contribution in [-0.2, 0) is 13.4 Å². The molecule has 0 heterocycles. The van der Waals surface area contributed by atoms with Gasteiger partial charge in [0.2, 0.25) is 0 Å². The molecule has 0 unspecified atom stereocenters. The molecule has 0 aliphatic heterocycles. The maximum Gasteiger partial charge on any atom is 0.478 e. The van der Waals surface area contributed by atoms with Crippen molar-refractivity contribution >= 4 is 15.6 Å². The molecule has 0 aliphatic rings. The van der Waals surface area contributed by atoms with Crippen LogP contribution in [0, 0.1) is 0 Å². The van der Waals surface area contributed by atoms with E-state index in [0.29, 0.717) is 0 Å². The lowest BCUT2D eigenvalue weighted by molar-refractivity contribution is 0.225. The Kier molecular flexibility index (Phi) is 29.4. The molecule has 0 radical (unpaired) electrons. The van der Waals surface area contributed by atoms with Crippen LogP contribution >= 0.6 is 15.6 Å². The molecule has 0 aromatic rings. The second-order valence-electron chi connectivity index (χ2n) is 1.06. The van der Waals surface area contributed by atoms with Crippen LogP contribution in [0.3, 0.4) is 0 Å². The molecular weight excluding hydrogens is 254 g/mol. The van der Waals surface area contributed by atoms with Crippen LogP contribution in [0.1, 0.15) is 0 Å². The van der Waals surface area contributed by atoms with Gasteiger partial charge in [-0.25, -0.2) is 9.13 Å². The molecule has 0 aromatic heterocycles. The highest BCUT2D eigenvalue weighted by atomic mass is 31.3. The van der Waals surface area contributed by atoms with Gasteiger partial charge in [0.1, 0.15) is 0 Å². The molecule has 0 aliphatic carbocycles. The summed E-state index contributed by atoms with van der Waals surface area (Å²) in [6, 6.07) is 0. The summed E-state index contributed by atoms with van der Waals surface area (Å²) in [5.74, 6) is 0. The lowest BCUT2D eigenvalue weighted by atomic mass is 15.7. The first-order valence-electron chi connectivity index (χ1n) is 1.53. The van der Waals surface area contributed by atoms with Crippen LogP contribution in [0.5, 0.6) is 0 Å². The standard InChI is InChI=1S/H4O7P2.5H2O/c1-8(2,3)7-9(4,5)6;;;;;/h(H2,1,2,3)(H2,4,5,6);5*1H2. The molecular formula is H14O12P2. The fraction of sp³-hybridized carbons (Fsp3) is 0. The third kappa shape index (κ3) is 40.2. The highest BCUT2D eigenvalue weighted by molar-refractivity contribution is 7.60. The van der Waals surface area contributed by atoms with Crippen molar-refractivity contribution in [2.75, 3.05) is 0 Å². The number of hydrogen-bond acceptors (Lipinski definition) is 3. The van der Waals surface area contributed by atoms with Gasteiger partial charge >= 0.3 is 15.6 Å². The van der Waals surface area contributed by atoms with Gasteiger partial charge < -0.3 is 47.0 Å². The number of hydrogen-bond donors (Lipinski definition) is 4. The molecule has 0 bridgehead atoms. The first-order valence-corrected chi connectivity index (χ1v) is 4.59. The van der Waals surface area contributed by atoms with E-state index >= 15 is 0 Å². The largest absolute Gasteiger partial charge is 0.478 e. The Hall–Kier alpha value is 0.0600. The normalized spacial score (nSPS) is 8.86. The van der Waals surface area contributed by atoms with Crippen LogP contribution in [0.4, 0.5) is 0 Å². The summed E-state index contributed by atoms with van der Waals surface area (Å²) < 4.78 is 22.2. The molecule has 0 aromatic carbocycles. The Labute approximate surface area is 77.2 Å². The van der Waals surface area contributed by atoms with Gasteiger partial charge in [0.15, 0.2) is 0 Å². The molecule has 14 heavy (non-hydrogen) atoms. The molecule has 0 atom stereocenters. The van der Waals surface area contributed by atoms with Crippen LogP contribution in [0.25, 0.3) is 0 Å². The van der Waals surface area contributed by atoms with E-state index in [1.54, 1.807) is 0 Å². The molecule has 0 saturated heterocycles. The van der Waals surface area contributed by atoms with E-state index in [9.17, 15) is 9.13 Å². The van der Waals surface area contributed by atoms with Gasteiger partial charge in [0.25, 0.3) is 0 Å². The molecule has 96 valence electrons. The minimum Gasteiger partial charge on any atom is -0.412 e. The second-order valence-corrected chi connectivity index (χ2v) is 3.68. The molecule has 14 N–H and O–H groups in total. The van der Waals surface area contributed by atoms with Crippen molar-refractivity contribution in [3.05, 3.63) is 0 Å². The highest BCUT2D eigenvalue weighted by Gasteiger charge is 2.27. The Balaban J connectivity index is -0.0000000320. The van der Waals surface area contributed by atoms with E-state index < -0.39 is 15.6 Å². The van der Waals surface area contributed by atoms with E-state index in [1.165, 1.54) is 0 Å². The number of phosphoric acid groups is 2. The number of rotatable bonds is 2. The molecule has 0 amide bonds. The van der Waals surface area contributed by atoms with Crippen molar-refractivity contribution in [3.8, 4) is 0 Å². The summed E-state index contributed by atoms with van der Waals surface area (Å²) in [7, 11) is -10.1. The Morgan fingerprint density at radius 3 is 0.786 bits per heavy atom. The molecule has 12 nitrogen and oxygen atoms in total. The van der Waals surface area contributed by atoms with Crippen molar-refractivity contribution in [2.24, 2.45) is 0 Å². The highest BCUT2D eigenvalue weighted by Crippen LogP contribution is 2.53. The van der Waals surface area contributed by atoms with Crippen LogP contribution in [0.2, 0.25) is 0 Å². The van der Waals surface area contributed by atoms with Crippen molar-refractivity contribution in [1.82, 2.24) is 0 Å². The first kappa shape index (κ1) is 36.9. The van der Waals surface area contributed by atoms with Crippen molar-refractivity contribution in [3.63, 3.8) is 0 Å². The third-order valence-corrected chi connectivity index (χ3v) is 1.91. The zero-order chi connectivity index (χ0) is 7.71. The average Bonchev–Trinajstić information content (AvgIpc) is 1.14. The van der Waals surface area contributed by atoms with Crippen molar-refractivity contribution < 1.29 is 60.4 Å². The lowest BCUT2D eigenvalue weighted by Crippen LogP contribution is -1.84. The monoisotopic (exact) mass is 268 g/mol. The fourth-order valence-corrected chi connectivity index (χ4v) is 1.25. The lowest BCUT2D eigenvalue weighted by Gasteiger charge is -2.03. The molecule has 14 heteroatoms. The van der Waals surface area contributed by atoms with Crippen LogP contribution in [0.15, 0.2) is 0 Å². The SMILES string of the molecule is O.O.O.O.O.O=P(O)(O)OP(=O)(O)O. The Morgan fingerprint density at radius 2 is 0.786 bits per heavy atom. The zero-order valence-electron chi connectivity index (χ0n) is 6.41. The smallest absolute Gasteiger partial charge is 0.412 e. The van der Waals surface area contributed by atoms with E-state index in [-0.39, 0.29) is 27.4 Å². The minimum absolute atomic E-state index is 0. The Bertz CT molecular complexity index is 149. The Morgan fingerprint density at radius 1 is 0.643 bits per heavy atom. The topological polar surface area (TPSA) is 282 Å². The quantitative estimate of drug-likeness (QED) is 0.353. The summed E-state index contributed by atoms with van der Waals surface area (Å²) in [5, 5.41) is 0.